The number of ether oxygens (including phenoxy) is 2. The van der Waals surface area contributed by atoms with Crippen molar-refractivity contribution in [2.24, 2.45) is 0 Å². The molecule has 1 fully saturated rings. The maximum absolute atomic E-state index is 12.5. The first kappa shape index (κ1) is 19.3. The molecule has 0 aliphatic carbocycles. The topological polar surface area (TPSA) is 84.9 Å². The van der Waals surface area contributed by atoms with Crippen LogP contribution in [0, 0.1) is 0 Å². The summed E-state index contributed by atoms with van der Waals surface area (Å²) >= 11 is 5.01. The fourth-order valence-electron chi connectivity index (χ4n) is 2.21. The third-order valence-electron chi connectivity index (χ3n) is 3.37. The summed E-state index contributed by atoms with van der Waals surface area (Å²) < 4.78 is 10.3. The maximum Gasteiger partial charge on any atom is 0.344 e. The fraction of sp³-hybridized carbons (Fsp3) is 0.222. The first-order valence-corrected chi connectivity index (χ1v) is 8.26. The Morgan fingerprint density at radius 1 is 1.35 bits per heavy atom. The monoisotopic (exact) mass is 374 g/mol. The van der Waals surface area contributed by atoms with Crippen LogP contribution in [0.1, 0.15) is 12.5 Å². The molecular weight excluding hydrogens is 356 g/mol. The molecular formula is C18H18N2O5S. The molecule has 1 heterocycles. The molecule has 0 saturated carbocycles. The largest absolute Gasteiger partial charge is 0.481 e. The van der Waals surface area contributed by atoms with E-state index in [1.165, 1.54) is 17.1 Å². The molecule has 7 nitrogen and oxygen atoms in total. The van der Waals surface area contributed by atoms with Crippen LogP contribution >= 0.6 is 12.2 Å². The number of carbonyl (C=O) groups is 3. The number of thiocarbonyl (C=S) groups is 1. The molecule has 2 rings (SSSR count). The summed E-state index contributed by atoms with van der Waals surface area (Å²) in [4.78, 5) is 37.4. The van der Waals surface area contributed by atoms with Crippen molar-refractivity contribution in [2.75, 3.05) is 19.8 Å². The molecule has 0 unspecified atom stereocenters. The van der Waals surface area contributed by atoms with Crippen molar-refractivity contribution in [2.45, 2.75) is 6.92 Å². The van der Waals surface area contributed by atoms with Crippen LogP contribution in [0.15, 0.2) is 42.5 Å². The lowest BCUT2D eigenvalue weighted by Gasteiger charge is -2.27. The molecule has 1 saturated heterocycles. The van der Waals surface area contributed by atoms with Crippen LogP contribution in [0.25, 0.3) is 6.08 Å². The molecule has 1 aliphatic rings. The van der Waals surface area contributed by atoms with Crippen LogP contribution in [-0.4, -0.2) is 47.6 Å². The van der Waals surface area contributed by atoms with Crippen molar-refractivity contribution < 1.29 is 23.9 Å². The van der Waals surface area contributed by atoms with Crippen LogP contribution in [0.4, 0.5) is 0 Å². The molecule has 1 aromatic carbocycles. The Bertz CT molecular complexity index is 788. The molecule has 2 amide bonds. The van der Waals surface area contributed by atoms with Gasteiger partial charge in [0.05, 0.1) is 6.61 Å². The number of rotatable bonds is 7. The number of nitrogens with one attached hydrogen (secondary N) is 1. The Morgan fingerprint density at radius 2 is 2.08 bits per heavy atom. The lowest BCUT2D eigenvalue weighted by Crippen LogP contribution is -2.53. The second-order valence-electron chi connectivity index (χ2n) is 5.15. The highest BCUT2D eigenvalue weighted by Crippen LogP contribution is 2.23. The molecule has 8 heteroatoms. The van der Waals surface area contributed by atoms with E-state index in [4.69, 9.17) is 21.7 Å². The van der Waals surface area contributed by atoms with Gasteiger partial charge in [-0.3, -0.25) is 19.8 Å². The number of hydrogen-bond donors (Lipinski definition) is 1. The van der Waals surface area contributed by atoms with Crippen molar-refractivity contribution in [1.29, 1.82) is 0 Å². The van der Waals surface area contributed by atoms with Gasteiger partial charge in [0.25, 0.3) is 11.8 Å². The Labute approximate surface area is 156 Å². The Morgan fingerprint density at radius 3 is 2.77 bits per heavy atom. The summed E-state index contributed by atoms with van der Waals surface area (Å²) in [6.45, 7) is 5.42. The maximum atomic E-state index is 12.5. The Hall–Kier alpha value is -3.00. The van der Waals surface area contributed by atoms with Crippen molar-refractivity contribution >= 4 is 41.2 Å². The fourth-order valence-corrected chi connectivity index (χ4v) is 2.47. The molecule has 1 N–H and O–H groups in total. The molecule has 0 spiro atoms. The zero-order valence-electron chi connectivity index (χ0n) is 14.2. The van der Waals surface area contributed by atoms with Crippen molar-refractivity contribution in [3.8, 4) is 5.75 Å². The number of esters is 1. The van der Waals surface area contributed by atoms with Crippen LogP contribution in [0.3, 0.4) is 0 Å². The minimum absolute atomic E-state index is 0.0314. The Balaban J connectivity index is 2.28. The van der Waals surface area contributed by atoms with E-state index in [9.17, 15) is 14.4 Å². The van der Waals surface area contributed by atoms with Crippen LogP contribution in [0.2, 0.25) is 0 Å². The second kappa shape index (κ2) is 8.91. The van der Waals surface area contributed by atoms with Gasteiger partial charge in [-0.25, -0.2) is 4.79 Å². The van der Waals surface area contributed by atoms with E-state index >= 15 is 0 Å². The van der Waals surface area contributed by atoms with E-state index in [1.807, 2.05) is 0 Å². The molecule has 0 radical (unpaired) electrons. The zero-order chi connectivity index (χ0) is 19.1. The summed E-state index contributed by atoms with van der Waals surface area (Å²) in [5.41, 5.74) is 0.384. The first-order valence-electron chi connectivity index (χ1n) is 7.85. The molecule has 136 valence electrons. The third kappa shape index (κ3) is 4.54. The average molecular weight is 374 g/mol. The van der Waals surface area contributed by atoms with E-state index < -0.39 is 17.8 Å². The average Bonchev–Trinajstić information content (AvgIpc) is 2.61. The molecule has 1 aromatic rings. The predicted octanol–water partition coefficient (Wildman–Crippen LogP) is 1.44. The number of para-hydroxylation sites is 1. The number of benzene rings is 1. The number of nitrogens with zero attached hydrogens (tertiary/aromatic N) is 1. The predicted molar refractivity (Wildman–Crippen MR) is 99.2 cm³/mol. The summed E-state index contributed by atoms with van der Waals surface area (Å²) in [5.74, 6) is -1.29. The molecule has 0 aromatic heterocycles. The quantitative estimate of drug-likeness (QED) is 0.256. The highest BCUT2D eigenvalue weighted by atomic mass is 32.1. The van der Waals surface area contributed by atoms with Gasteiger partial charge in [-0.15, -0.1) is 6.58 Å². The summed E-state index contributed by atoms with van der Waals surface area (Å²) in [5, 5.41) is 2.50. The smallest absolute Gasteiger partial charge is 0.344 e. The molecule has 1 aliphatic heterocycles. The van der Waals surface area contributed by atoms with Crippen LogP contribution in [0.5, 0.6) is 5.75 Å². The summed E-state index contributed by atoms with van der Waals surface area (Å²) in [7, 11) is 0. The summed E-state index contributed by atoms with van der Waals surface area (Å²) in [6.07, 6.45) is 2.91. The number of amides is 2. The highest BCUT2D eigenvalue weighted by molar-refractivity contribution is 7.80. The van der Waals surface area contributed by atoms with Crippen LogP contribution in [-0.2, 0) is 19.1 Å². The minimum Gasteiger partial charge on any atom is -0.481 e. The normalized spacial score (nSPS) is 15.7. The molecule has 0 atom stereocenters. The van der Waals surface area contributed by atoms with E-state index in [-0.39, 0.29) is 30.4 Å². The van der Waals surface area contributed by atoms with E-state index in [0.717, 1.165) is 0 Å². The van der Waals surface area contributed by atoms with Gasteiger partial charge in [0, 0.05) is 12.1 Å². The standard InChI is InChI=1S/C18H18N2O5S/c1-3-9-20-17(23)13(16(22)19-18(20)26)10-12-7-5-6-8-14(12)25-11-15(21)24-4-2/h3,5-8,10H,1,4,9,11H2,2H3,(H,19,22,26)/b13-10+. The van der Waals surface area contributed by atoms with Gasteiger partial charge < -0.3 is 9.47 Å². The van der Waals surface area contributed by atoms with Gasteiger partial charge >= 0.3 is 5.97 Å². The van der Waals surface area contributed by atoms with Crippen molar-refractivity contribution in [1.82, 2.24) is 10.2 Å². The SMILES string of the molecule is C=CCN1C(=O)/C(=C/c2ccccc2OCC(=O)OCC)C(=O)NC1=S. The zero-order valence-corrected chi connectivity index (χ0v) is 15.0. The minimum atomic E-state index is -0.597. The number of hydrogen-bond acceptors (Lipinski definition) is 6. The lowest BCUT2D eigenvalue weighted by molar-refractivity contribution is -0.145. The molecule has 0 bridgehead atoms. The number of carbonyl (C=O) groups excluding carboxylic acids is 3. The first-order chi connectivity index (χ1) is 12.5. The van der Waals surface area contributed by atoms with Crippen molar-refractivity contribution in [3.63, 3.8) is 0 Å². The summed E-state index contributed by atoms with van der Waals surface area (Å²) in [6, 6.07) is 6.73. The molecule has 26 heavy (non-hydrogen) atoms. The van der Waals surface area contributed by atoms with E-state index in [0.29, 0.717) is 11.3 Å². The van der Waals surface area contributed by atoms with Gasteiger partial charge in [0.15, 0.2) is 11.7 Å². The van der Waals surface area contributed by atoms with Gasteiger partial charge in [0.1, 0.15) is 11.3 Å². The van der Waals surface area contributed by atoms with Crippen molar-refractivity contribution in [3.05, 3.63) is 48.1 Å². The second-order valence-corrected chi connectivity index (χ2v) is 5.54. The highest BCUT2D eigenvalue weighted by Gasteiger charge is 2.32. The van der Waals surface area contributed by atoms with Gasteiger partial charge in [-0.05, 0) is 31.3 Å². The van der Waals surface area contributed by atoms with Crippen LogP contribution < -0.4 is 10.1 Å². The Kier molecular flexibility index (Phi) is 6.62. The van der Waals surface area contributed by atoms with E-state index in [2.05, 4.69) is 11.9 Å². The van der Waals surface area contributed by atoms with E-state index in [1.54, 1.807) is 31.2 Å². The lowest BCUT2D eigenvalue weighted by atomic mass is 10.1. The van der Waals surface area contributed by atoms with Gasteiger partial charge in [0.2, 0.25) is 0 Å². The van der Waals surface area contributed by atoms with Gasteiger partial charge in [-0.2, -0.15) is 0 Å². The third-order valence-corrected chi connectivity index (χ3v) is 3.69. The van der Waals surface area contributed by atoms with Gasteiger partial charge in [-0.1, -0.05) is 24.3 Å².